The molecule has 41 heavy (non-hydrogen) atoms. The number of methoxy groups -OCH3 is 1. The maximum Gasteiger partial charge on any atom is 0.261 e. The fraction of sp³-hybridized carbons (Fsp3) is 0.267. The molecule has 0 atom stereocenters. The van der Waals surface area contributed by atoms with E-state index in [1.54, 1.807) is 36.4 Å². The topological polar surface area (TPSA) is 109 Å². The summed E-state index contributed by atoms with van der Waals surface area (Å²) in [5, 5.41) is 3.25. The number of nitrogens with one attached hydrogen (secondary N) is 2. The van der Waals surface area contributed by atoms with Crippen LogP contribution in [0.4, 0.5) is 17.2 Å². The second kappa shape index (κ2) is 13.0. The number of benzene rings is 3. The molecule has 214 valence electrons. The van der Waals surface area contributed by atoms with Crippen LogP contribution in [-0.2, 0) is 10.0 Å². The lowest BCUT2D eigenvalue weighted by atomic mass is 10.1. The molecule has 1 fully saturated rings. The van der Waals surface area contributed by atoms with Crippen LogP contribution < -0.4 is 19.5 Å². The Morgan fingerprint density at radius 3 is 2.17 bits per heavy atom. The molecule has 2 heterocycles. The second-order valence-electron chi connectivity index (χ2n) is 9.79. The van der Waals surface area contributed by atoms with Gasteiger partial charge in [-0.2, -0.15) is 0 Å². The Morgan fingerprint density at radius 2 is 1.49 bits per heavy atom. The van der Waals surface area contributed by atoms with Crippen molar-refractivity contribution in [2.24, 2.45) is 0 Å². The van der Waals surface area contributed by atoms with Crippen LogP contribution >= 0.6 is 0 Å². The Balaban J connectivity index is 1.15. The average molecular weight is 575 g/mol. The molecule has 2 N–H and O–H groups in total. The van der Waals surface area contributed by atoms with Gasteiger partial charge in [0.05, 0.1) is 17.7 Å². The van der Waals surface area contributed by atoms with Crippen LogP contribution in [0.25, 0.3) is 11.3 Å². The largest absolute Gasteiger partial charge is 0.497 e. The number of hydrogen-bond acceptors (Lipinski definition) is 9. The van der Waals surface area contributed by atoms with Gasteiger partial charge in [0.2, 0.25) is 0 Å². The maximum absolute atomic E-state index is 12.7. The highest BCUT2D eigenvalue weighted by Crippen LogP contribution is 2.25. The molecule has 1 aliphatic rings. The van der Waals surface area contributed by atoms with E-state index in [1.807, 2.05) is 30.3 Å². The van der Waals surface area contributed by atoms with Crippen molar-refractivity contribution >= 4 is 27.2 Å². The fourth-order valence-electron chi connectivity index (χ4n) is 4.41. The van der Waals surface area contributed by atoms with E-state index in [0.717, 1.165) is 55.4 Å². The van der Waals surface area contributed by atoms with Crippen molar-refractivity contribution in [3.63, 3.8) is 0 Å². The highest BCUT2D eigenvalue weighted by molar-refractivity contribution is 7.92. The molecular formula is C30H34N6O4S. The molecule has 0 saturated carbocycles. The Bertz CT molecular complexity index is 1520. The van der Waals surface area contributed by atoms with Crippen LogP contribution in [0.5, 0.6) is 11.5 Å². The summed E-state index contributed by atoms with van der Waals surface area (Å²) in [6.07, 6.45) is 1.51. The number of piperazine rings is 1. The monoisotopic (exact) mass is 574 g/mol. The maximum atomic E-state index is 12.7. The molecule has 0 unspecified atom stereocenters. The summed E-state index contributed by atoms with van der Waals surface area (Å²) in [5.74, 6) is 2.04. The summed E-state index contributed by atoms with van der Waals surface area (Å²) < 4.78 is 39.0. The Hall–Kier alpha value is -4.19. The molecule has 5 rings (SSSR count). The number of nitrogens with zero attached hydrogens (tertiary/aromatic N) is 4. The average Bonchev–Trinajstić information content (AvgIpc) is 2.99. The van der Waals surface area contributed by atoms with Crippen molar-refractivity contribution in [1.29, 1.82) is 0 Å². The van der Waals surface area contributed by atoms with Gasteiger partial charge in [0.1, 0.15) is 30.3 Å². The smallest absolute Gasteiger partial charge is 0.261 e. The highest BCUT2D eigenvalue weighted by Gasteiger charge is 2.15. The third-order valence-corrected chi connectivity index (χ3v) is 8.27. The molecule has 0 bridgehead atoms. The highest BCUT2D eigenvalue weighted by atomic mass is 32.2. The van der Waals surface area contributed by atoms with Crippen LogP contribution in [0.15, 0.2) is 90.1 Å². The van der Waals surface area contributed by atoms with Gasteiger partial charge in [-0.05, 0) is 79.8 Å². The van der Waals surface area contributed by atoms with Crippen molar-refractivity contribution in [3.05, 3.63) is 85.2 Å². The minimum Gasteiger partial charge on any atom is -0.497 e. The molecule has 0 amide bonds. The van der Waals surface area contributed by atoms with Gasteiger partial charge in [-0.1, -0.05) is 0 Å². The van der Waals surface area contributed by atoms with Crippen LogP contribution in [0, 0.1) is 0 Å². The first-order valence-corrected chi connectivity index (χ1v) is 14.9. The minimum atomic E-state index is -3.72. The first-order chi connectivity index (χ1) is 19.9. The molecule has 1 aromatic heterocycles. The van der Waals surface area contributed by atoms with E-state index in [0.29, 0.717) is 23.9 Å². The van der Waals surface area contributed by atoms with E-state index in [1.165, 1.54) is 25.6 Å². The van der Waals surface area contributed by atoms with Gasteiger partial charge < -0.3 is 19.7 Å². The number of rotatable bonds is 11. The fourth-order valence-corrected chi connectivity index (χ4v) is 5.47. The van der Waals surface area contributed by atoms with E-state index in [-0.39, 0.29) is 4.90 Å². The molecule has 0 aliphatic carbocycles. The van der Waals surface area contributed by atoms with Crippen molar-refractivity contribution in [1.82, 2.24) is 19.8 Å². The molecule has 1 saturated heterocycles. The number of aromatic nitrogens is 2. The number of sulfonamides is 1. The SMILES string of the molecule is COc1ccc(S(=O)(=O)Nc2ccc(Nc3cc(-c4ccc(OCCN5CCN(C)CC5)cc4)ncn3)cc2)cc1. The Kier molecular flexibility index (Phi) is 8.98. The van der Waals surface area contributed by atoms with Crippen molar-refractivity contribution < 1.29 is 17.9 Å². The molecule has 10 nitrogen and oxygen atoms in total. The van der Waals surface area contributed by atoms with E-state index in [4.69, 9.17) is 9.47 Å². The third-order valence-electron chi connectivity index (χ3n) is 6.87. The lowest BCUT2D eigenvalue weighted by Crippen LogP contribution is -2.45. The van der Waals surface area contributed by atoms with E-state index < -0.39 is 10.0 Å². The standard InChI is InChI=1S/C30H34N6O4S/c1-35-15-17-36(18-16-35)19-20-40-27-9-3-23(4-10-27)29-21-30(32-22-31-29)33-24-5-7-25(8-6-24)34-41(37,38)28-13-11-26(39-2)12-14-28/h3-14,21-22,34H,15-20H2,1-2H3,(H,31,32,33). The normalized spacial score (nSPS) is 14.4. The van der Waals surface area contributed by atoms with E-state index in [2.05, 4.69) is 36.9 Å². The van der Waals surface area contributed by atoms with Crippen LogP contribution in [0.1, 0.15) is 0 Å². The molecule has 3 aromatic carbocycles. The van der Waals surface area contributed by atoms with Gasteiger partial charge in [-0.25, -0.2) is 18.4 Å². The van der Waals surface area contributed by atoms with Crippen molar-refractivity contribution in [3.8, 4) is 22.8 Å². The Labute approximate surface area is 241 Å². The van der Waals surface area contributed by atoms with Gasteiger partial charge in [0.15, 0.2) is 0 Å². The Morgan fingerprint density at radius 1 is 0.829 bits per heavy atom. The van der Waals surface area contributed by atoms with Crippen LogP contribution in [-0.4, -0.2) is 81.7 Å². The lowest BCUT2D eigenvalue weighted by Gasteiger charge is -2.32. The first-order valence-electron chi connectivity index (χ1n) is 13.4. The van der Waals surface area contributed by atoms with Crippen LogP contribution in [0.2, 0.25) is 0 Å². The number of likely N-dealkylation sites (N-methyl/N-ethyl adjacent to an activating group) is 1. The summed E-state index contributed by atoms with van der Waals surface area (Å²) in [6.45, 7) is 5.94. The first kappa shape index (κ1) is 28.3. The molecule has 0 spiro atoms. The van der Waals surface area contributed by atoms with Crippen molar-refractivity contribution in [2.75, 3.05) is 63.5 Å². The number of anilines is 3. The van der Waals surface area contributed by atoms with Gasteiger partial charge >= 0.3 is 0 Å². The molecular weight excluding hydrogens is 540 g/mol. The van der Waals surface area contributed by atoms with E-state index in [9.17, 15) is 8.42 Å². The van der Waals surface area contributed by atoms with E-state index >= 15 is 0 Å². The second-order valence-corrected chi connectivity index (χ2v) is 11.5. The van der Waals surface area contributed by atoms with Crippen LogP contribution in [0.3, 0.4) is 0 Å². The predicted octanol–water partition coefficient (Wildman–Crippen LogP) is 4.32. The van der Waals surface area contributed by atoms with Gasteiger partial charge in [-0.15, -0.1) is 0 Å². The van der Waals surface area contributed by atoms with Crippen molar-refractivity contribution in [2.45, 2.75) is 4.90 Å². The zero-order chi connectivity index (χ0) is 28.7. The summed E-state index contributed by atoms with van der Waals surface area (Å²) in [4.78, 5) is 13.7. The summed E-state index contributed by atoms with van der Waals surface area (Å²) in [5.41, 5.74) is 2.92. The number of ether oxygens (including phenoxy) is 2. The summed E-state index contributed by atoms with van der Waals surface area (Å²) >= 11 is 0. The summed E-state index contributed by atoms with van der Waals surface area (Å²) in [6, 6.07) is 22.9. The molecule has 11 heteroatoms. The lowest BCUT2D eigenvalue weighted by molar-refractivity contribution is 0.134. The zero-order valence-electron chi connectivity index (χ0n) is 23.2. The summed E-state index contributed by atoms with van der Waals surface area (Å²) in [7, 11) is -0.0331. The zero-order valence-corrected chi connectivity index (χ0v) is 24.0. The number of hydrogen-bond donors (Lipinski definition) is 2. The van der Waals surface area contributed by atoms with Gasteiger partial charge in [-0.3, -0.25) is 9.62 Å². The quantitative estimate of drug-likeness (QED) is 0.271. The molecule has 4 aromatic rings. The van der Waals surface area contributed by atoms with Gasteiger partial charge in [0, 0.05) is 55.7 Å². The van der Waals surface area contributed by atoms with Gasteiger partial charge in [0.25, 0.3) is 10.0 Å². The third kappa shape index (κ3) is 7.72. The predicted molar refractivity (Wildman–Crippen MR) is 160 cm³/mol. The minimum absolute atomic E-state index is 0.152. The molecule has 0 radical (unpaired) electrons. The molecule has 1 aliphatic heterocycles.